The number of ketones is 2. The van der Waals surface area contributed by atoms with Crippen molar-refractivity contribution in [2.75, 3.05) is 103 Å². The topological polar surface area (TPSA) is 316 Å². The maximum absolute atomic E-state index is 13.5. The SMILES string of the molecule is CSCC[C@H](NC(=O)c1cccc(CNC(=O)CN2CCN(CC(=O)O)CCN(CC(=O)O)CCN(CC(=O)O)CC2)c1)C(=O)CCC(=O)C[C@@H](CCCCN1C(=O)CC(SCCCC(C)=N)C1=O)C(=O)O. The van der Waals surface area contributed by atoms with Gasteiger partial charge in [-0.3, -0.25) is 72.4 Å². The van der Waals surface area contributed by atoms with Crippen molar-refractivity contribution in [3.8, 4) is 0 Å². The number of carbonyl (C=O) groups is 10. The molecule has 3 atom stereocenters. The molecular formula is C48H72N8O14S2. The van der Waals surface area contributed by atoms with Crippen LogP contribution in [-0.2, 0) is 49.7 Å². The molecule has 24 heteroatoms. The van der Waals surface area contributed by atoms with Crippen LogP contribution in [0.5, 0.6) is 0 Å². The molecule has 22 nitrogen and oxygen atoms in total. The average Bonchev–Trinajstić information content (AvgIpc) is 3.58. The summed E-state index contributed by atoms with van der Waals surface area (Å²) in [5.74, 6) is -6.46. The van der Waals surface area contributed by atoms with Gasteiger partial charge in [0.25, 0.3) is 5.91 Å². The van der Waals surface area contributed by atoms with E-state index < -0.39 is 52.8 Å². The summed E-state index contributed by atoms with van der Waals surface area (Å²) in [6.45, 7) is 2.85. The molecule has 0 radical (unpaired) electrons. The van der Waals surface area contributed by atoms with Crippen LogP contribution in [-0.4, -0.2) is 224 Å². The van der Waals surface area contributed by atoms with Crippen molar-refractivity contribution in [1.82, 2.24) is 35.1 Å². The maximum Gasteiger partial charge on any atom is 0.317 e. The second kappa shape index (κ2) is 32.7. The van der Waals surface area contributed by atoms with Gasteiger partial charge in [-0.2, -0.15) is 11.8 Å². The minimum atomic E-state index is -1.16. The van der Waals surface area contributed by atoms with E-state index in [2.05, 4.69) is 10.6 Å². The molecule has 2 fully saturated rings. The third-order valence-corrected chi connectivity index (χ3v) is 14.2. The fourth-order valence-corrected chi connectivity index (χ4v) is 9.82. The van der Waals surface area contributed by atoms with Crippen LogP contribution >= 0.6 is 23.5 Å². The summed E-state index contributed by atoms with van der Waals surface area (Å²) >= 11 is 2.88. The summed E-state index contributed by atoms with van der Waals surface area (Å²) in [6, 6.07) is 5.52. The average molecular weight is 1050 g/mol. The molecule has 2 saturated heterocycles. The van der Waals surface area contributed by atoms with Gasteiger partial charge in [0.05, 0.1) is 43.4 Å². The van der Waals surface area contributed by atoms with Crippen LogP contribution in [0, 0.1) is 11.3 Å². The molecule has 72 heavy (non-hydrogen) atoms. The highest BCUT2D eigenvalue weighted by Gasteiger charge is 2.38. The summed E-state index contributed by atoms with van der Waals surface area (Å²) in [6.07, 6.45) is 3.76. The molecule has 4 amide bonds. The molecular weight excluding hydrogens is 977 g/mol. The first kappa shape index (κ1) is 61.0. The van der Waals surface area contributed by atoms with Crippen LogP contribution in [0.3, 0.4) is 0 Å². The molecule has 1 aromatic rings. The highest BCUT2D eigenvalue weighted by atomic mass is 32.2. The standard InChI is InChI=1S/C48H72N8O14S2/c1-33(49)7-6-23-72-40-27-42(60)56(47(40)68)14-4-3-9-36(48(69)70)26-37(57)11-12-39(58)38(13-24-71-2)51-46(67)35-10-5-8-34(25-35)28-50-41(59)29-52-15-17-53(30-43(61)62)19-21-55(32-45(65)66)22-20-54(18-16-52)31-44(63)64/h5,8,10,25,36,38,40,49H,3-4,6-7,9,11-24,26-32H2,1-2H3,(H,50,59)(H,51,67)(H,61,62)(H,63,64)(H,65,66)(H,69,70)/t36-,38+,40?/m1/s1. The van der Waals surface area contributed by atoms with Gasteiger partial charge in [-0.15, -0.1) is 11.8 Å². The maximum atomic E-state index is 13.5. The van der Waals surface area contributed by atoms with Crippen molar-refractivity contribution >= 4 is 88.3 Å². The molecule has 2 heterocycles. The number of benzene rings is 1. The Balaban J connectivity index is 1.52. The Bertz CT molecular complexity index is 2030. The lowest BCUT2D eigenvalue weighted by Crippen LogP contribution is -2.49. The first-order valence-electron chi connectivity index (χ1n) is 24.2. The zero-order valence-electron chi connectivity index (χ0n) is 41.4. The molecule has 0 spiro atoms. The largest absolute Gasteiger partial charge is 0.481 e. The number of likely N-dealkylation sites (tertiary alicyclic amines) is 1. The Kier molecular flexibility index (Phi) is 27.7. The number of hydrogen-bond donors (Lipinski definition) is 7. The van der Waals surface area contributed by atoms with Gasteiger partial charge in [0.2, 0.25) is 17.7 Å². The Hall–Kier alpha value is -5.27. The van der Waals surface area contributed by atoms with Crippen molar-refractivity contribution in [2.24, 2.45) is 5.92 Å². The fourth-order valence-electron chi connectivity index (χ4n) is 8.23. The first-order valence-corrected chi connectivity index (χ1v) is 26.7. The number of Topliss-reactive ketones (excluding diaryl/α,β-unsaturated/α-hetero) is 2. The summed E-state index contributed by atoms with van der Waals surface area (Å²) in [4.78, 5) is 133. The van der Waals surface area contributed by atoms with Crippen LogP contribution in [0.1, 0.15) is 87.1 Å². The van der Waals surface area contributed by atoms with Gasteiger partial charge in [-0.1, -0.05) is 18.6 Å². The van der Waals surface area contributed by atoms with Gasteiger partial charge in [-0.05, 0) is 74.5 Å². The van der Waals surface area contributed by atoms with Crippen molar-refractivity contribution in [1.29, 1.82) is 5.41 Å². The predicted molar refractivity (Wildman–Crippen MR) is 270 cm³/mol. The lowest BCUT2D eigenvalue weighted by atomic mass is 9.93. The monoisotopic (exact) mass is 1050 g/mol. The predicted octanol–water partition coefficient (Wildman–Crippen LogP) is 1.49. The molecule has 0 bridgehead atoms. The third kappa shape index (κ3) is 24.0. The quantitative estimate of drug-likeness (QED) is 0.0305. The van der Waals surface area contributed by atoms with Crippen molar-refractivity contribution < 1.29 is 68.4 Å². The number of thioether (sulfide) groups is 2. The summed E-state index contributed by atoms with van der Waals surface area (Å²) in [5, 5.41) is 51.0. The van der Waals surface area contributed by atoms with E-state index in [9.17, 15) is 68.4 Å². The highest BCUT2D eigenvalue weighted by molar-refractivity contribution is 8.00. The number of carboxylic acids is 4. The minimum absolute atomic E-state index is 0.0307. The van der Waals surface area contributed by atoms with E-state index in [1.807, 2.05) is 6.26 Å². The van der Waals surface area contributed by atoms with Crippen molar-refractivity contribution in [3.05, 3.63) is 35.4 Å². The first-order chi connectivity index (χ1) is 34.2. The summed E-state index contributed by atoms with van der Waals surface area (Å²) < 4.78 is 0. The lowest BCUT2D eigenvalue weighted by Gasteiger charge is -2.32. The van der Waals surface area contributed by atoms with Crippen molar-refractivity contribution in [3.63, 3.8) is 0 Å². The molecule has 3 rings (SSSR count). The molecule has 7 N–H and O–H groups in total. The molecule has 0 aliphatic carbocycles. The Morgan fingerprint density at radius 1 is 0.736 bits per heavy atom. The van der Waals surface area contributed by atoms with E-state index in [1.165, 1.54) is 28.4 Å². The van der Waals surface area contributed by atoms with Gasteiger partial charge in [0.1, 0.15) is 5.78 Å². The van der Waals surface area contributed by atoms with E-state index in [1.54, 1.807) is 50.8 Å². The number of rotatable bonds is 32. The number of hydrogen-bond acceptors (Lipinski definition) is 17. The van der Waals surface area contributed by atoms with Crippen LogP contribution in [0.4, 0.5) is 0 Å². The van der Waals surface area contributed by atoms with Gasteiger partial charge >= 0.3 is 23.9 Å². The van der Waals surface area contributed by atoms with Gasteiger partial charge in [0, 0.05) is 102 Å². The summed E-state index contributed by atoms with van der Waals surface area (Å²) in [7, 11) is 0. The number of nitrogens with one attached hydrogen (secondary N) is 3. The fraction of sp³-hybridized carbons (Fsp3) is 0.646. The molecule has 1 unspecified atom stereocenters. The normalized spacial score (nSPS) is 17.6. The molecule has 0 saturated carbocycles. The zero-order valence-corrected chi connectivity index (χ0v) is 43.0. The van der Waals surface area contributed by atoms with Crippen molar-refractivity contribution in [2.45, 2.75) is 89.0 Å². The molecule has 2 aliphatic heterocycles. The van der Waals surface area contributed by atoms with Crippen LogP contribution < -0.4 is 10.6 Å². The lowest BCUT2D eigenvalue weighted by molar-refractivity contribution is -0.144. The van der Waals surface area contributed by atoms with Gasteiger partial charge in [-0.25, -0.2) is 0 Å². The number of carbonyl (C=O) groups excluding carboxylic acids is 6. The second-order valence-corrected chi connectivity index (χ2v) is 20.4. The van der Waals surface area contributed by atoms with Crippen LogP contribution in [0.25, 0.3) is 0 Å². The molecule has 2 aliphatic rings. The highest BCUT2D eigenvalue weighted by Crippen LogP contribution is 2.27. The number of nitrogens with zero attached hydrogens (tertiary/aromatic N) is 5. The Morgan fingerprint density at radius 2 is 1.31 bits per heavy atom. The van der Waals surface area contributed by atoms with E-state index >= 15 is 0 Å². The van der Waals surface area contributed by atoms with Crippen LogP contribution in [0.15, 0.2) is 24.3 Å². The smallest absolute Gasteiger partial charge is 0.317 e. The van der Waals surface area contributed by atoms with E-state index in [4.69, 9.17) is 5.41 Å². The van der Waals surface area contributed by atoms with E-state index in [0.29, 0.717) is 42.0 Å². The number of amides is 4. The van der Waals surface area contributed by atoms with Crippen LogP contribution in [0.2, 0.25) is 0 Å². The summed E-state index contributed by atoms with van der Waals surface area (Å²) in [5.41, 5.74) is 1.35. The number of imide groups is 1. The van der Waals surface area contributed by atoms with Gasteiger partial charge < -0.3 is 36.5 Å². The van der Waals surface area contributed by atoms with E-state index in [-0.39, 0.29) is 159 Å². The number of carboxylic acid groups (broad SMARTS) is 4. The second-order valence-electron chi connectivity index (χ2n) is 18.1. The number of unbranched alkanes of at least 4 members (excludes halogenated alkanes) is 1. The third-order valence-electron chi connectivity index (χ3n) is 12.2. The Labute approximate surface area is 428 Å². The van der Waals surface area contributed by atoms with Gasteiger partial charge in [0.15, 0.2) is 5.78 Å². The zero-order chi connectivity index (χ0) is 53.2. The Morgan fingerprint density at radius 3 is 1.83 bits per heavy atom. The molecule has 1 aromatic carbocycles. The molecule has 400 valence electrons. The van der Waals surface area contributed by atoms with E-state index in [0.717, 1.165) is 6.42 Å². The minimum Gasteiger partial charge on any atom is -0.481 e. The molecule has 0 aromatic heterocycles. The number of aliphatic carboxylic acids is 4.